The van der Waals surface area contributed by atoms with Crippen molar-refractivity contribution >= 4 is 39.9 Å². The van der Waals surface area contributed by atoms with Crippen LogP contribution in [-0.2, 0) is 24.3 Å². The summed E-state index contributed by atoms with van der Waals surface area (Å²) >= 11 is 7.46. The summed E-state index contributed by atoms with van der Waals surface area (Å²) in [4.78, 5) is 30.2. The lowest BCUT2D eigenvalue weighted by Gasteiger charge is -2.07. The average Bonchev–Trinajstić information content (AvgIpc) is 3.36. The number of thiophene rings is 1. The number of nitrogens with one attached hydrogen (secondary N) is 1. The standard InChI is InChI=1S/C20H18ClN5O2S/c21-15-5-3-14(4-6-15)12-25-13-23-19-17(20(25)28)11-24-26(19)8-7-22-18(27)10-16-2-1-9-29-16/h1-6,9,11,13H,7-8,10,12H2,(H,22,27). The molecule has 0 radical (unpaired) electrons. The topological polar surface area (TPSA) is 81.8 Å². The molecule has 1 N–H and O–H groups in total. The van der Waals surface area contributed by atoms with E-state index in [1.807, 2.05) is 29.6 Å². The zero-order valence-electron chi connectivity index (χ0n) is 15.4. The van der Waals surface area contributed by atoms with E-state index in [9.17, 15) is 9.59 Å². The van der Waals surface area contributed by atoms with Crippen molar-refractivity contribution in [2.45, 2.75) is 19.5 Å². The number of amides is 1. The second kappa shape index (κ2) is 8.59. The summed E-state index contributed by atoms with van der Waals surface area (Å²) in [6, 6.07) is 11.2. The SMILES string of the molecule is O=C(Cc1cccs1)NCCn1ncc2c(=O)n(Cc3ccc(Cl)cc3)cnc21. The van der Waals surface area contributed by atoms with Gasteiger partial charge in [-0.2, -0.15) is 5.10 Å². The molecule has 29 heavy (non-hydrogen) atoms. The van der Waals surface area contributed by atoms with Gasteiger partial charge in [-0.1, -0.05) is 29.8 Å². The van der Waals surface area contributed by atoms with Gasteiger partial charge in [0, 0.05) is 16.4 Å². The Morgan fingerprint density at radius 2 is 2.03 bits per heavy atom. The zero-order chi connectivity index (χ0) is 20.2. The number of hydrogen-bond donors (Lipinski definition) is 1. The van der Waals surface area contributed by atoms with E-state index >= 15 is 0 Å². The van der Waals surface area contributed by atoms with E-state index in [1.165, 1.54) is 12.5 Å². The van der Waals surface area contributed by atoms with Crippen molar-refractivity contribution in [1.82, 2.24) is 24.6 Å². The maximum Gasteiger partial charge on any atom is 0.264 e. The van der Waals surface area contributed by atoms with Crippen molar-refractivity contribution in [3.63, 3.8) is 0 Å². The molecule has 148 valence electrons. The molecule has 1 amide bonds. The van der Waals surface area contributed by atoms with E-state index in [4.69, 9.17) is 11.6 Å². The maximum absolute atomic E-state index is 12.7. The first-order valence-corrected chi connectivity index (χ1v) is 10.3. The molecule has 0 spiro atoms. The lowest BCUT2D eigenvalue weighted by molar-refractivity contribution is -0.120. The molecule has 0 saturated carbocycles. The van der Waals surface area contributed by atoms with E-state index in [2.05, 4.69) is 15.4 Å². The molecule has 3 aromatic heterocycles. The van der Waals surface area contributed by atoms with Crippen LogP contribution in [0.1, 0.15) is 10.4 Å². The molecule has 9 heteroatoms. The number of carbonyl (C=O) groups excluding carboxylic acids is 1. The average molecular weight is 428 g/mol. The fourth-order valence-electron chi connectivity index (χ4n) is 3.00. The van der Waals surface area contributed by atoms with E-state index in [1.54, 1.807) is 32.7 Å². The van der Waals surface area contributed by atoms with Crippen molar-refractivity contribution in [2.24, 2.45) is 0 Å². The molecule has 0 aliphatic heterocycles. The minimum atomic E-state index is -0.155. The van der Waals surface area contributed by atoms with Gasteiger partial charge in [0.1, 0.15) is 11.7 Å². The van der Waals surface area contributed by atoms with Crippen LogP contribution in [0.2, 0.25) is 5.02 Å². The van der Waals surface area contributed by atoms with Gasteiger partial charge in [-0.25, -0.2) is 9.67 Å². The van der Waals surface area contributed by atoms with E-state index in [0.29, 0.717) is 42.1 Å². The number of benzene rings is 1. The Labute approximate surface area is 175 Å². The highest BCUT2D eigenvalue weighted by atomic mass is 35.5. The fraction of sp³-hybridized carbons (Fsp3) is 0.200. The molecular formula is C20H18ClN5O2S. The number of carbonyl (C=O) groups is 1. The van der Waals surface area contributed by atoms with Gasteiger partial charge in [0.05, 0.1) is 25.7 Å². The predicted octanol–water partition coefficient (Wildman–Crippen LogP) is 2.72. The highest BCUT2D eigenvalue weighted by Gasteiger charge is 2.11. The maximum atomic E-state index is 12.7. The Morgan fingerprint density at radius 3 is 2.79 bits per heavy atom. The molecule has 4 aromatic rings. The highest BCUT2D eigenvalue weighted by Crippen LogP contribution is 2.11. The van der Waals surface area contributed by atoms with Gasteiger partial charge in [-0.3, -0.25) is 14.2 Å². The second-order valence-corrected chi connectivity index (χ2v) is 7.98. The third kappa shape index (κ3) is 4.55. The van der Waals surface area contributed by atoms with Crippen molar-refractivity contribution in [2.75, 3.05) is 6.54 Å². The fourth-order valence-corrected chi connectivity index (χ4v) is 3.82. The Kier molecular flexibility index (Phi) is 5.73. The summed E-state index contributed by atoms with van der Waals surface area (Å²) in [5.74, 6) is -0.0396. The van der Waals surface area contributed by atoms with Gasteiger partial charge in [0.25, 0.3) is 5.56 Å². The molecule has 4 rings (SSSR count). The smallest absolute Gasteiger partial charge is 0.264 e. The first kappa shape index (κ1) is 19.4. The summed E-state index contributed by atoms with van der Waals surface area (Å²) in [7, 11) is 0. The van der Waals surface area contributed by atoms with Gasteiger partial charge >= 0.3 is 0 Å². The van der Waals surface area contributed by atoms with Crippen molar-refractivity contribution in [3.05, 3.63) is 80.1 Å². The number of nitrogens with zero attached hydrogens (tertiary/aromatic N) is 4. The summed E-state index contributed by atoms with van der Waals surface area (Å²) in [5, 5.41) is 10.2. The van der Waals surface area contributed by atoms with Crippen LogP contribution in [0.15, 0.2) is 59.1 Å². The van der Waals surface area contributed by atoms with Crippen molar-refractivity contribution in [3.8, 4) is 0 Å². The number of halogens is 1. The monoisotopic (exact) mass is 427 g/mol. The summed E-state index contributed by atoms with van der Waals surface area (Å²) in [5.41, 5.74) is 1.31. The molecule has 0 atom stereocenters. The van der Waals surface area contributed by atoms with Crippen LogP contribution in [0.4, 0.5) is 0 Å². The third-order valence-corrected chi connectivity index (χ3v) is 5.58. The quantitative estimate of drug-likeness (QED) is 0.491. The van der Waals surface area contributed by atoms with Crippen LogP contribution in [0.25, 0.3) is 11.0 Å². The van der Waals surface area contributed by atoms with E-state index in [0.717, 1.165) is 10.4 Å². The molecule has 7 nitrogen and oxygen atoms in total. The highest BCUT2D eigenvalue weighted by molar-refractivity contribution is 7.10. The van der Waals surface area contributed by atoms with E-state index in [-0.39, 0.29) is 11.5 Å². The Balaban J connectivity index is 1.42. The zero-order valence-corrected chi connectivity index (χ0v) is 17.0. The van der Waals surface area contributed by atoms with Gasteiger partial charge in [0.15, 0.2) is 5.65 Å². The van der Waals surface area contributed by atoms with E-state index < -0.39 is 0 Å². The Morgan fingerprint density at radius 1 is 1.21 bits per heavy atom. The first-order chi connectivity index (χ1) is 14.1. The van der Waals surface area contributed by atoms with Crippen LogP contribution in [0, 0.1) is 0 Å². The molecule has 0 unspecified atom stereocenters. The predicted molar refractivity (Wildman–Crippen MR) is 113 cm³/mol. The van der Waals surface area contributed by atoms with Crippen LogP contribution in [0.5, 0.6) is 0 Å². The number of rotatable bonds is 7. The van der Waals surface area contributed by atoms with Crippen LogP contribution < -0.4 is 10.9 Å². The van der Waals surface area contributed by atoms with Gasteiger partial charge < -0.3 is 5.32 Å². The molecule has 0 saturated heterocycles. The number of aromatic nitrogens is 4. The van der Waals surface area contributed by atoms with Crippen LogP contribution in [-0.4, -0.2) is 31.8 Å². The van der Waals surface area contributed by atoms with Crippen molar-refractivity contribution in [1.29, 1.82) is 0 Å². The summed E-state index contributed by atoms with van der Waals surface area (Å²) < 4.78 is 3.18. The van der Waals surface area contributed by atoms with Gasteiger partial charge in [-0.15, -0.1) is 11.3 Å². The Hall–Kier alpha value is -2.97. The molecule has 1 aromatic carbocycles. The normalized spacial score (nSPS) is 11.1. The minimum absolute atomic E-state index is 0.0396. The first-order valence-electron chi connectivity index (χ1n) is 9.04. The Bertz CT molecular complexity index is 1180. The third-order valence-electron chi connectivity index (χ3n) is 4.45. The number of fused-ring (bicyclic) bond motifs is 1. The van der Waals surface area contributed by atoms with Crippen LogP contribution in [0.3, 0.4) is 0 Å². The summed E-state index contributed by atoms with van der Waals surface area (Å²) in [6.45, 7) is 1.26. The second-order valence-electron chi connectivity index (χ2n) is 6.52. The largest absolute Gasteiger partial charge is 0.354 e. The summed E-state index contributed by atoms with van der Waals surface area (Å²) in [6.07, 6.45) is 3.41. The minimum Gasteiger partial charge on any atom is -0.354 e. The number of hydrogen-bond acceptors (Lipinski definition) is 5. The molecule has 0 aliphatic rings. The van der Waals surface area contributed by atoms with Gasteiger partial charge in [-0.05, 0) is 29.1 Å². The van der Waals surface area contributed by atoms with Crippen LogP contribution >= 0.6 is 22.9 Å². The molecule has 3 heterocycles. The molecular weight excluding hydrogens is 410 g/mol. The van der Waals surface area contributed by atoms with Gasteiger partial charge in [0.2, 0.25) is 5.91 Å². The lowest BCUT2D eigenvalue weighted by atomic mass is 10.2. The molecule has 0 bridgehead atoms. The molecule has 0 aliphatic carbocycles. The molecule has 0 fully saturated rings. The van der Waals surface area contributed by atoms with Crippen molar-refractivity contribution < 1.29 is 4.79 Å². The lowest BCUT2D eigenvalue weighted by Crippen LogP contribution is -2.28.